The van der Waals surface area contributed by atoms with Gasteiger partial charge in [-0.1, -0.05) is 47.1 Å². The molecule has 4 heteroatoms. The predicted octanol–water partition coefficient (Wildman–Crippen LogP) is 4.35. The largest absolute Gasteiger partial charge is 0.367 e. The molecule has 3 rings (SSSR count). The number of nitrogens with two attached hydrogens (primary N) is 1. The van der Waals surface area contributed by atoms with Gasteiger partial charge in [0.2, 0.25) is 5.88 Å². The highest BCUT2D eigenvalue weighted by Crippen LogP contribution is 2.37. The number of hydrogen-bond donors (Lipinski definition) is 1. The number of rotatable bonds is 2. The summed E-state index contributed by atoms with van der Waals surface area (Å²) in [6.45, 7) is 3.70. The maximum Gasteiger partial charge on any atom is 0.230 e. The van der Waals surface area contributed by atoms with Crippen LogP contribution < -0.4 is 5.73 Å². The van der Waals surface area contributed by atoms with Gasteiger partial charge in [-0.15, -0.1) is 0 Å². The molecule has 21 heavy (non-hydrogen) atoms. The first kappa shape index (κ1) is 13.4. The molecular formula is C17H15FN2O. The number of hydrogen-bond acceptors (Lipinski definition) is 3. The van der Waals surface area contributed by atoms with Crippen LogP contribution in [0.2, 0.25) is 0 Å². The molecule has 1 aromatic heterocycles. The molecule has 0 aliphatic rings. The lowest BCUT2D eigenvalue weighted by Gasteiger charge is -2.06. The van der Waals surface area contributed by atoms with E-state index in [9.17, 15) is 4.39 Å². The number of nitrogen functional groups attached to an aromatic ring is 1. The molecule has 3 nitrogen and oxygen atoms in total. The van der Waals surface area contributed by atoms with Crippen molar-refractivity contribution in [2.75, 3.05) is 5.73 Å². The summed E-state index contributed by atoms with van der Waals surface area (Å²) < 4.78 is 19.4. The fourth-order valence-electron chi connectivity index (χ4n) is 2.40. The summed E-state index contributed by atoms with van der Waals surface area (Å²) >= 11 is 0. The molecule has 2 aromatic carbocycles. The normalized spacial score (nSPS) is 10.8. The quantitative estimate of drug-likeness (QED) is 0.760. The monoisotopic (exact) mass is 282 g/mol. The summed E-state index contributed by atoms with van der Waals surface area (Å²) in [5.41, 5.74) is 9.86. The van der Waals surface area contributed by atoms with Gasteiger partial charge in [0.1, 0.15) is 11.5 Å². The van der Waals surface area contributed by atoms with E-state index >= 15 is 0 Å². The van der Waals surface area contributed by atoms with Crippen LogP contribution in [0.3, 0.4) is 0 Å². The van der Waals surface area contributed by atoms with Gasteiger partial charge in [0, 0.05) is 5.56 Å². The first-order valence-corrected chi connectivity index (χ1v) is 6.65. The van der Waals surface area contributed by atoms with Gasteiger partial charge < -0.3 is 10.3 Å². The number of aromatic nitrogens is 1. The summed E-state index contributed by atoms with van der Waals surface area (Å²) in [6, 6.07) is 13.0. The van der Waals surface area contributed by atoms with Gasteiger partial charge in [-0.25, -0.2) is 4.39 Å². The van der Waals surface area contributed by atoms with Gasteiger partial charge in [-0.2, -0.15) is 0 Å². The highest BCUT2D eigenvalue weighted by atomic mass is 19.1. The maximum absolute atomic E-state index is 14.3. The van der Waals surface area contributed by atoms with Crippen molar-refractivity contribution in [1.82, 2.24) is 5.16 Å². The molecule has 2 N–H and O–H groups in total. The zero-order chi connectivity index (χ0) is 15.0. The number of halogens is 1. The lowest BCUT2D eigenvalue weighted by Crippen LogP contribution is -1.92. The Labute approximate surface area is 122 Å². The summed E-state index contributed by atoms with van der Waals surface area (Å²) in [5, 5.41) is 3.95. The minimum atomic E-state index is -0.306. The van der Waals surface area contributed by atoms with Crippen molar-refractivity contribution >= 4 is 5.88 Å². The first-order valence-electron chi connectivity index (χ1n) is 6.65. The molecule has 3 aromatic rings. The van der Waals surface area contributed by atoms with Gasteiger partial charge in [-0.05, 0) is 31.0 Å². The molecule has 0 radical (unpaired) electrons. The Morgan fingerprint density at radius 3 is 2.62 bits per heavy atom. The molecule has 0 fully saturated rings. The number of nitrogens with zero attached hydrogens (tertiary/aromatic N) is 1. The molecule has 0 saturated heterocycles. The predicted molar refractivity (Wildman–Crippen MR) is 81.2 cm³/mol. The highest BCUT2D eigenvalue weighted by molar-refractivity contribution is 5.87. The molecule has 0 atom stereocenters. The van der Waals surface area contributed by atoms with E-state index in [0.29, 0.717) is 22.4 Å². The van der Waals surface area contributed by atoms with Gasteiger partial charge in [0.05, 0.1) is 5.56 Å². The third-order valence-electron chi connectivity index (χ3n) is 3.47. The van der Waals surface area contributed by atoms with Crippen molar-refractivity contribution in [3.05, 3.63) is 59.4 Å². The molecule has 0 aliphatic carbocycles. The van der Waals surface area contributed by atoms with Crippen molar-refractivity contribution in [2.45, 2.75) is 13.8 Å². The van der Waals surface area contributed by atoms with Gasteiger partial charge in [-0.3, -0.25) is 0 Å². The van der Waals surface area contributed by atoms with Crippen molar-refractivity contribution < 1.29 is 8.91 Å². The second-order valence-corrected chi connectivity index (χ2v) is 5.08. The minimum Gasteiger partial charge on any atom is -0.367 e. The highest BCUT2D eigenvalue weighted by Gasteiger charge is 2.20. The second-order valence-electron chi connectivity index (χ2n) is 5.08. The van der Waals surface area contributed by atoms with Gasteiger partial charge in [0.15, 0.2) is 0 Å². The summed E-state index contributed by atoms with van der Waals surface area (Å²) in [7, 11) is 0. The third kappa shape index (κ3) is 2.29. The standard InChI is InChI=1S/C17H15FN2O/c1-10-5-3-7-12(9-10)14-16(20-21-17(14)19)13-8-4-6-11(2)15(13)18/h3-9H,19H2,1-2H3. The Hall–Kier alpha value is -2.62. The van der Waals surface area contributed by atoms with E-state index in [2.05, 4.69) is 5.16 Å². The van der Waals surface area contributed by atoms with Crippen LogP contribution in [0.4, 0.5) is 10.3 Å². The molecule has 0 saturated carbocycles. The van der Waals surface area contributed by atoms with Crippen LogP contribution in [0.1, 0.15) is 11.1 Å². The van der Waals surface area contributed by atoms with Crippen molar-refractivity contribution in [3.63, 3.8) is 0 Å². The lowest BCUT2D eigenvalue weighted by molar-refractivity contribution is 0.439. The zero-order valence-electron chi connectivity index (χ0n) is 11.9. The number of aryl methyl sites for hydroxylation is 2. The Balaban J connectivity index is 2.24. The Kier molecular flexibility index (Phi) is 3.22. The van der Waals surface area contributed by atoms with Crippen molar-refractivity contribution in [2.24, 2.45) is 0 Å². The summed E-state index contributed by atoms with van der Waals surface area (Å²) in [5.74, 6) is -0.115. The second kappa shape index (κ2) is 5.05. The van der Waals surface area contributed by atoms with Crippen LogP contribution in [0.5, 0.6) is 0 Å². The van der Waals surface area contributed by atoms with Crippen LogP contribution in [0.15, 0.2) is 47.0 Å². The van der Waals surface area contributed by atoms with Crippen molar-refractivity contribution in [3.8, 4) is 22.4 Å². The van der Waals surface area contributed by atoms with E-state index in [0.717, 1.165) is 11.1 Å². The van der Waals surface area contributed by atoms with E-state index in [1.807, 2.05) is 31.2 Å². The molecule has 106 valence electrons. The van der Waals surface area contributed by atoms with Crippen LogP contribution in [-0.4, -0.2) is 5.16 Å². The van der Waals surface area contributed by atoms with E-state index in [1.165, 1.54) is 0 Å². The molecule has 0 spiro atoms. The summed E-state index contributed by atoms with van der Waals surface area (Å²) in [4.78, 5) is 0. The molecular weight excluding hydrogens is 267 g/mol. The molecule has 1 heterocycles. The van der Waals surface area contributed by atoms with Crippen LogP contribution in [0.25, 0.3) is 22.4 Å². The zero-order valence-corrected chi connectivity index (χ0v) is 11.9. The van der Waals surface area contributed by atoms with E-state index in [1.54, 1.807) is 25.1 Å². The van der Waals surface area contributed by atoms with E-state index < -0.39 is 0 Å². The maximum atomic E-state index is 14.3. The topological polar surface area (TPSA) is 52.0 Å². The first-order chi connectivity index (χ1) is 10.1. The average Bonchev–Trinajstić information content (AvgIpc) is 2.83. The Bertz CT molecular complexity index is 808. The van der Waals surface area contributed by atoms with E-state index in [-0.39, 0.29) is 11.7 Å². The Morgan fingerprint density at radius 2 is 1.86 bits per heavy atom. The molecule has 0 aliphatic heterocycles. The van der Waals surface area contributed by atoms with Gasteiger partial charge >= 0.3 is 0 Å². The lowest BCUT2D eigenvalue weighted by atomic mass is 9.98. The number of benzene rings is 2. The fraction of sp³-hybridized carbons (Fsp3) is 0.118. The molecule has 0 bridgehead atoms. The van der Waals surface area contributed by atoms with Crippen molar-refractivity contribution in [1.29, 1.82) is 0 Å². The summed E-state index contributed by atoms with van der Waals surface area (Å²) in [6.07, 6.45) is 0. The fourth-order valence-corrected chi connectivity index (χ4v) is 2.40. The Morgan fingerprint density at radius 1 is 1.10 bits per heavy atom. The number of anilines is 1. The minimum absolute atomic E-state index is 0.191. The average molecular weight is 282 g/mol. The van der Waals surface area contributed by atoms with Crippen LogP contribution in [-0.2, 0) is 0 Å². The smallest absolute Gasteiger partial charge is 0.230 e. The SMILES string of the molecule is Cc1cccc(-c2c(-c3cccc(C)c3F)noc2N)c1. The van der Waals surface area contributed by atoms with Gasteiger partial charge in [0.25, 0.3) is 0 Å². The third-order valence-corrected chi connectivity index (χ3v) is 3.47. The van der Waals surface area contributed by atoms with E-state index in [4.69, 9.17) is 10.3 Å². The molecule has 0 unspecified atom stereocenters. The van der Waals surface area contributed by atoms with Crippen LogP contribution >= 0.6 is 0 Å². The molecule has 0 amide bonds. The van der Waals surface area contributed by atoms with Crippen LogP contribution in [0, 0.1) is 19.7 Å².